The number of nitrogens with one attached hydrogen (secondary N) is 1. The molecule has 194 valence electrons. The van der Waals surface area contributed by atoms with E-state index in [2.05, 4.69) is 26.0 Å². The molecule has 5 rings (SSSR count). The highest BCUT2D eigenvalue weighted by Crippen LogP contribution is 2.40. The van der Waals surface area contributed by atoms with Crippen molar-refractivity contribution in [2.24, 2.45) is 0 Å². The van der Waals surface area contributed by atoms with Crippen LogP contribution in [0.25, 0.3) is 23.4 Å². The summed E-state index contributed by atoms with van der Waals surface area (Å²) in [5, 5.41) is 17.4. The Morgan fingerprint density at radius 2 is 1.76 bits per heavy atom. The van der Waals surface area contributed by atoms with Crippen LogP contribution in [0.4, 0.5) is 11.4 Å². The zero-order valence-electron chi connectivity index (χ0n) is 20.3. The SMILES string of the molecule is Nc1c(/C=C/c2ccccc2)ccc(S(=O)(=O)[O-])c1-c1nnncc1C1(Nc2ccccc2)C[NH2+]CCO1. The van der Waals surface area contributed by atoms with Crippen molar-refractivity contribution in [1.29, 1.82) is 0 Å². The molecular weight excluding hydrogens is 504 g/mol. The number of hydrogen-bond donors (Lipinski definition) is 3. The number of rotatable bonds is 7. The zero-order valence-corrected chi connectivity index (χ0v) is 21.1. The van der Waals surface area contributed by atoms with Crippen LogP contribution in [-0.2, 0) is 20.6 Å². The van der Waals surface area contributed by atoms with Crippen LogP contribution in [0.2, 0.25) is 0 Å². The van der Waals surface area contributed by atoms with Gasteiger partial charge in [-0.25, -0.2) is 8.42 Å². The summed E-state index contributed by atoms with van der Waals surface area (Å²) < 4.78 is 43.4. The molecule has 2 heterocycles. The number of quaternary nitrogens is 1. The van der Waals surface area contributed by atoms with Crippen LogP contribution in [0.1, 0.15) is 16.7 Å². The molecule has 0 bridgehead atoms. The van der Waals surface area contributed by atoms with E-state index in [0.29, 0.717) is 24.3 Å². The Morgan fingerprint density at radius 1 is 1.03 bits per heavy atom. The molecule has 1 atom stereocenters. The molecule has 1 aliphatic rings. The Morgan fingerprint density at radius 3 is 2.45 bits per heavy atom. The molecule has 0 saturated carbocycles. The van der Waals surface area contributed by atoms with Crippen LogP contribution in [0, 0.1) is 0 Å². The highest BCUT2D eigenvalue weighted by atomic mass is 32.2. The van der Waals surface area contributed by atoms with E-state index in [9.17, 15) is 13.0 Å². The molecular formula is C27H26N6O4S. The molecule has 0 spiro atoms. The van der Waals surface area contributed by atoms with Crippen molar-refractivity contribution in [1.82, 2.24) is 15.4 Å². The van der Waals surface area contributed by atoms with Crippen LogP contribution in [0.5, 0.6) is 0 Å². The number of nitrogen functional groups attached to an aromatic ring is 1. The summed E-state index contributed by atoms with van der Waals surface area (Å²) >= 11 is 0. The predicted molar refractivity (Wildman–Crippen MR) is 142 cm³/mol. The van der Waals surface area contributed by atoms with Gasteiger partial charge in [-0.15, -0.1) is 10.2 Å². The Kier molecular flexibility index (Phi) is 7.16. The van der Waals surface area contributed by atoms with Crippen molar-refractivity contribution in [3.63, 3.8) is 0 Å². The molecule has 11 heteroatoms. The largest absolute Gasteiger partial charge is 0.744 e. The minimum atomic E-state index is -4.93. The summed E-state index contributed by atoms with van der Waals surface area (Å²) in [5.74, 6) is 0. The quantitative estimate of drug-likeness (QED) is 0.185. The van der Waals surface area contributed by atoms with E-state index in [1.807, 2.05) is 66.7 Å². The van der Waals surface area contributed by atoms with Crippen molar-refractivity contribution in [3.8, 4) is 11.3 Å². The number of benzene rings is 3. The van der Waals surface area contributed by atoms with Gasteiger partial charge < -0.3 is 25.7 Å². The van der Waals surface area contributed by atoms with Gasteiger partial charge in [0.15, 0.2) is 0 Å². The minimum Gasteiger partial charge on any atom is -0.744 e. The van der Waals surface area contributed by atoms with Crippen LogP contribution in [0.3, 0.4) is 0 Å². The summed E-state index contributed by atoms with van der Waals surface area (Å²) in [6.07, 6.45) is 5.06. The lowest BCUT2D eigenvalue weighted by molar-refractivity contribution is -0.686. The van der Waals surface area contributed by atoms with Crippen LogP contribution < -0.4 is 16.4 Å². The van der Waals surface area contributed by atoms with E-state index < -0.39 is 20.7 Å². The third kappa shape index (κ3) is 5.27. The van der Waals surface area contributed by atoms with Gasteiger partial charge in [0, 0.05) is 16.9 Å². The van der Waals surface area contributed by atoms with E-state index in [1.165, 1.54) is 18.3 Å². The third-order valence-corrected chi connectivity index (χ3v) is 7.18. The zero-order chi connectivity index (χ0) is 26.6. The van der Waals surface area contributed by atoms with Gasteiger partial charge in [0.05, 0.1) is 29.8 Å². The third-order valence-electron chi connectivity index (χ3n) is 6.30. The lowest BCUT2D eigenvalue weighted by atomic mass is 9.94. The average Bonchev–Trinajstić information content (AvgIpc) is 2.93. The predicted octanol–water partition coefficient (Wildman–Crippen LogP) is 2.05. The Balaban J connectivity index is 1.70. The normalized spacial score (nSPS) is 17.9. The molecule has 3 aromatic carbocycles. The molecule has 1 fully saturated rings. The number of aromatic nitrogens is 3. The molecule has 1 aromatic heterocycles. The molecule has 5 N–H and O–H groups in total. The van der Waals surface area contributed by atoms with Crippen molar-refractivity contribution in [2.75, 3.05) is 30.7 Å². The van der Waals surface area contributed by atoms with Crippen molar-refractivity contribution >= 4 is 33.6 Å². The second kappa shape index (κ2) is 10.7. The minimum absolute atomic E-state index is 0.0384. The fourth-order valence-corrected chi connectivity index (χ4v) is 5.18. The summed E-state index contributed by atoms with van der Waals surface area (Å²) in [4.78, 5) is -0.497. The van der Waals surface area contributed by atoms with E-state index in [4.69, 9.17) is 10.5 Å². The van der Waals surface area contributed by atoms with Crippen LogP contribution >= 0.6 is 0 Å². The standard InChI is InChI=1S/C27H26N6O4S/c28-25-20(12-11-19-7-3-1-4-8-19)13-14-23(38(34,35)36)24(25)26-22(17-30-33-32-26)27(18-29-15-16-37-27)31-21-9-5-2-6-10-21/h1-14,17,29,31H,15-16,18,28H2,(H,34,35,36)/b12-11+. The maximum atomic E-state index is 12.4. The smallest absolute Gasteiger partial charge is 0.219 e. The topological polar surface area (TPSA) is 160 Å². The van der Waals surface area contributed by atoms with E-state index in [1.54, 1.807) is 6.08 Å². The van der Waals surface area contributed by atoms with Gasteiger partial charge in [0.1, 0.15) is 22.4 Å². The number of nitrogens with zero attached hydrogens (tertiary/aromatic N) is 3. The first kappa shape index (κ1) is 25.5. The highest BCUT2D eigenvalue weighted by Gasteiger charge is 2.42. The lowest BCUT2D eigenvalue weighted by Gasteiger charge is -2.37. The summed E-state index contributed by atoms with van der Waals surface area (Å²) in [5.41, 5.74) is 8.17. The van der Waals surface area contributed by atoms with E-state index >= 15 is 0 Å². The van der Waals surface area contributed by atoms with Gasteiger partial charge in [-0.2, -0.15) is 0 Å². The average molecular weight is 531 g/mol. The van der Waals surface area contributed by atoms with Gasteiger partial charge in [-0.1, -0.05) is 66.7 Å². The number of nitrogens with two attached hydrogens (primary N) is 2. The van der Waals surface area contributed by atoms with Crippen LogP contribution in [0.15, 0.2) is 83.9 Å². The molecule has 0 radical (unpaired) electrons. The second-order valence-corrected chi connectivity index (χ2v) is 10.1. The molecule has 1 saturated heterocycles. The summed E-state index contributed by atoms with van der Waals surface area (Å²) in [7, 11) is -4.93. The highest BCUT2D eigenvalue weighted by molar-refractivity contribution is 7.85. The van der Waals surface area contributed by atoms with Crippen molar-refractivity contribution < 1.29 is 23.0 Å². The number of para-hydroxylation sites is 1. The number of morpholine rings is 1. The number of ether oxygens (including phenoxy) is 1. The van der Waals surface area contributed by atoms with E-state index in [-0.39, 0.29) is 16.9 Å². The number of hydrogen-bond acceptors (Lipinski definition) is 9. The first-order valence-electron chi connectivity index (χ1n) is 12.0. The Labute approximate surface area is 220 Å². The summed E-state index contributed by atoms with van der Waals surface area (Å²) in [6.45, 7) is 1.57. The fourth-order valence-electron chi connectivity index (χ4n) is 4.49. The maximum Gasteiger partial charge on any atom is 0.219 e. The molecule has 4 aromatic rings. The Bertz CT molecular complexity index is 1560. The Hall–Kier alpha value is -4.16. The molecule has 1 aliphatic heterocycles. The van der Waals surface area contributed by atoms with Crippen molar-refractivity contribution in [3.05, 3.63) is 95.7 Å². The van der Waals surface area contributed by atoms with Gasteiger partial charge in [-0.05, 0) is 34.5 Å². The van der Waals surface area contributed by atoms with Gasteiger partial charge in [-0.3, -0.25) is 0 Å². The molecule has 0 amide bonds. The monoisotopic (exact) mass is 530 g/mol. The second-order valence-electron chi connectivity index (χ2n) is 8.78. The molecule has 0 aliphatic carbocycles. The van der Waals surface area contributed by atoms with E-state index in [0.717, 1.165) is 17.8 Å². The molecule has 1 unspecified atom stereocenters. The first-order valence-corrected chi connectivity index (χ1v) is 13.4. The molecule has 38 heavy (non-hydrogen) atoms. The number of anilines is 2. The van der Waals surface area contributed by atoms with Gasteiger partial charge in [0.2, 0.25) is 5.72 Å². The molecule has 10 nitrogen and oxygen atoms in total. The lowest BCUT2D eigenvalue weighted by Crippen LogP contribution is -2.92. The van der Waals surface area contributed by atoms with Crippen LogP contribution in [-0.4, -0.2) is 48.1 Å². The van der Waals surface area contributed by atoms with Gasteiger partial charge >= 0.3 is 0 Å². The maximum absolute atomic E-state index is 12.4. The summed E-state index contributed by atoms with van der Waals surface area (Å²) in [6, 6.07) is 21.7. The van der Waals surface area contributed by atoms with Crippen molar-refractivity contribution in [2.45, 2.75) is 10.6 Å². The first-order chi connectivity index (χ1) is 18.4. The fraction of sp³-hybridized carbons (Fsp3) is 0.148. The van der Waals surface area contributed by atoms with Gasteiger partial charge in [0.25, 0.3) is 0 Å².